The van der Waals surface area contributed by atoms with E-state index in [4.69, 9.17) is 5.73 Å². The molecule has 0 aliphatic rings. The summed E-state index contributed by atoms with van der Waals surface area (Å²) in [5.74, 6) is -3.52. The third kappa shape index (κ3) is 1.33. The number of benzene rings is 1. The Kier molecular flexibility index (Phi) is 2.67. The molecule has 1 nitrogen and oxygen atoms in total. The van der Waals surface area contributed by atoms with Gasteiger partial charge < -0.3 is 5.73 Å². The number of hydrogen-bond acceptors (Lipinski definition) is 1. The lowest BCUT2D eigenvalue weighted by atomic mass is 10.3. The Balaban J connectivity index is 3.60. The average molecular weight is 305 g/mol. The molecule has 0 saturated heterocycles. The van der Waals surface area contributed by atoms with Crippen LogP contribution in [0, 0.1) is 17.5 Å². The molecule has 1 aromatic rings. The van der Waals surface area contributed by atoms with Gasteiger partial charge in [-0.05, 0) is 31.9 Å². The summed E-state index contributed by atoms with van der Waals surface area (Å²) in [6, 6.07) is 0. The SMILES string of the molecule is Nc1c(F)c(Br)c(F)c(F)c1Br. The van der Waals surface area contributed by atoms with Crippen molar-refractivity contribution < 1.29 is 13.2 Å². The molecule has 6 heteroatoms. The van der Waals surface area contributed by atoms with E-state index < -0.39 is 32.1 Å². The fourth-order valence-electron chi connectivity index (χ4n) is 0.622. The second kappa shape index (κ2) is 3.26. The predicted octanol–water partition coefficient (Wildman–Crippen LogP) is 3.21. The molecule has 1 aromatic carbocycles. The molecular weight excluding hydrogens is 303 g/mol. The van der Waals surface area contributed by atoms with Crippen molar-refractivity contribution in [3.63, 3.8) is 0 Å². The van der Waals surface area contributed by atoms with Crippen molar-refractivity contribution in [1.82, 2.24) is 0 Å². The number of nitrogens with two attached hydrogens (primary N) is 1. The molecule has 0 spiro atoms. The van der Waals surface area contributed by atoms with Gasteiger partial charge in [-0.1, -0.05) is 0 Å². The summed E-state index contributed by atoms with van der Waals surface area (Å²) in [4.78, 5) is 0. The third-order valence-electron chi connectivity index (χ3n) is 1.24. The molecular formula is C6H2Br2F3N. The Hall–Kier alpha value is -0.230. The summed E-state index contributed by atoms with van der Waals surface area (Å²) in [5.41, 5.74) is 4.64. The van der Waals surface area contributed by atoms with Crippen LogP contribution in [0.3, 0.4) is 0 Å². The molecule has 0 atom stereocenters. The summed E-state index contributed by atoms with van der Waals surface area (Å²) in [7, 11) is 0. The first-order valence-electron chi connectivity index (χ1n) is 2.73. The maximum Gasteiger partial charge on any atom is 0.177 e. The van der Waals surface area contributed by atoms with Gasteiger partial charge in [0.05, 0.1) is 14.6 Å². The molecule has 0 bridgehead atoms. The van der Waals surface area contributed by atoms with E-state index in [0.717, 1.165) is 0 Å². The van der Waals surface area contributed by atoms with Crippen molar-refractivity contribution in [3.05, 3.63) is 26.4 Å². The van der Waals surface area contributed by atoms with Crippen molar-refractivity contribution in [1.29, 1.82) is 0 Å². The Bertz CT molecular complexity index is 235. The van der Waals surface area contributed by atoms with E-state index in [0.29, 0.717) is 0 Å². The fourth-order valence-corrected chi connectivity index (χ4v) is 1.36. The zero-order valence-corrected chi connectivity index (χ0v) is 8.64. The second-order valence-electron chi connectivity index (χ2n) is 1.98. The minimum absolute atomic E-state index is 0.402. The minimum Gasteiger partial charge on any atom is -0.395 e. The normalized spacial score (nSPS) is 10.4. The summed E-state index contributed by atoms with van der Waals surface area (Å²) in [6.45, 7) is 0. The molecule has 0 amide bonds. The summed E-state index contributed by atoms with van der Waals surface area (Å²) < 4.78 is 37.2. The molecule has 0 heterocycles. The van der Waals surface area contributed by atoms with Gasteiger partial charge in [0.1, 0.15) is 0 Å². The summed E-state index contributed by atoms with van der Waals surface area (Å²) in [6.07, 6.45) is 0. The van der Waals surface area contributed by atoms with E-state index in [2.05, 4.69) is 31.9 Å². The summed E-state index contributed by atoms with van der Waals surface area (Å²) in [5, 5.41) is 0. The Labute approximate surface area is 83.0 Å². The van der Waals surface area contributed by atoms with Crippen molar-refractivity contribution in [2.75, 3.05) is 5.73 Å². The van der Waals surface area contributed by atoms with E-state index in [1.165, 1.54) is 0 Å². The van der Waals surface area contributed by atoms with Crippen molar-refractivity contribution in [3.8, 4) is 0 Å². The highest BCUT2D eigenvalue weighted by Crippen LogP contribution is 2.33. The van der Waals surface area contributed by atoms with Crippen LogP contribution in [0.15, 0.2) is 8.95 Å². The first kappa shape index (κ1) is 9.85. The van der Waals surface area contributed by atoms with Crippen LogP contribution < -0.4 is 5.73 Å². The number of hydrogen-bond donors (Lipinski definition) is 1. The van der Waals surface area contributed by atoms with Gasteiger partial charge in [0.2, 0.25) is 0 Å². The first-order chi connectivity index (χ1) is 5.46. The molecule has 0 radical (unpaired) electrons. The maximum absolute atomic E-state index is 12.8. The quantitative estimate of drug-likeness (QED) is 0.444. The molecule has 0 aliphatic carbocycles. The van der Waals surface area contributed by atoms with Crippen LogP contribution in [0.1, 0.15) is 0 Å². The molecule has 0 aliphatic heterocycles. The largest absolute Gasteiger partial charge is 0.395 e. The van der Waals surface area contributed by atoms with Crippen LogP contribution in [0.4, 0.5) is 18.9 Å². The first-order valence-corrected chi connectivity index (χ1v) is 4.32. The number of anilines is 1. The van der Waals surface area contributed by atoms with Gasteiger partial charge in [-0.25, -0.2) is 13.2 Å². The molecule has 12 heavy (non-hydrogen) atoms. The van der Waals surface area contributed by atoms with Crippen molar-refractivity contribution in [2.45, 2.75) is 0 Å². The van der Waals surface area contributed by atoms with Crippen LogP contribution in [0.2, 0.25) is 0 Å². The van der Waals surface area contributed by atoms with Crippen LogP contribution in [0.25, 0.3) is 0 Å². The average Bonchev–Trinajstić information content (AvgIpc) is 2.08. The lowest BCUT2D eigenvalue weighted by molar-refractivity contribution is 0.485. The highest BCUT2D eigenvalue weighted by molar-refractivity contribution is 9.11. The van der Waals surface area contributed by atoms with Crippen LogP contribution in [-0.2, 0) is 0 Å². The van der Waals surface area contributed by atoms with Gasteiger partial charge >= 0.3 is 0 Å². The molecule has 2 N–H and O–H groups in total. The van der Waals surface area contributed by atoms with Crippen LogP contribution in [-0.4, -0.2) is 0 Å². The molecule has 1 rings (SSSR count). The minimum atomic E-state index is -1.30. The topological polar surface area (TPSA) is 26.0 Å². The molecule has 0 aromatic heterocycles. The maximum atomic E-state index is 12.8. The predicted molar refractivity (Wildman–Crippen MR) is 46.1 cm³/mol. The number of halogens is 5. The smallest absolute Gasteiger partial charge is 0.177 e. The lowest BCUT2D eigenvalue weighted by Crippen LogP contribution is -2.00. The Morgan fingerprint density at radius 1 is 0.833 bits per heavy atom. The zero-order chi connectivity index (χ0) is 9.46. The van der Waals surface area contributed by atoms with E-state index >= 15 is 0 Å². The lowest BCUT2D eigenvalue weighted by Gasteiger charge is -2.04. The molecule has 0 saturated carbocycles. The van der Waals surface area contributed by atoms with E-state index in [-0.39, 0.29) is 0 Å². The zero-order valence-electron chi connectivity index (χ0n) is 5.47. The number of nitrogen functional groups attached to an aromatic ring is 1. The second-order valence-corrected chi connectivity index (χ2v) is 3.57. The third-order valence-corrected chi connectivity index (χ3v) is 2.72. The van der Waals surface area contributed by atoms with Gasteiger partial charge in [-0.15, -0.1) is 0 Å². The highest BCUT2D eigenvalue weighted by Gasteiger charge is 2.19. The van der Waals surface area contributed by atoms with Gasteiger partial charge in [0, 0.05) is 0 Å². The molecule has 0 unspecified atom stereocenters. The highest BCUT2D eigenvalue weighted by atomic mass is 79.9. The summed E-state index contributed by atoms with van der Waals surface area (Å²) >= 11 is 5.14. The van der Waals surface area contributed by atoms with Crippen LogP contribution in [0.5, 0.6) is 0 Å². The monoisotopic (exact) mass is 303 g/mol. The number of rotatable bonds is 0. The van der Waals surface area contributed by atoms with Gasteiger partial charge in [-0.3, -0.25) is 0 Å². The van der Waals surface area contributed by atoms with E-state index in [1.54, 1.807) is 0 Å². The Morgan fingerprint density at radius 3 is 1.75 bits per heavy atom. The van der Waals surface area contributed by atoms with Gasteiger partial charge in [-0.2, -0.15) is 0 Å². The van der Waals surface area contributed by atoms with Crippen molar-refractivity contribution in [2.24, 2.45) is 0 Å². The molecule has 66 valence electrons. The fraction of sp³-hybridized carbons (Fsp3) is 0. The van der Waals surface area contributed by atoms with Gasteiger partial charge in [0.15, 0.2) is 17.5 Å². The van der Waals surface area contributed by atoms with E-state index in [1.807, 2.05) is 0 Å². The van der Waals surface area contributed by atoms with E-state index in [9.17, 15) is 13.2 Å². The van der Waals surface area contributed by atoms with Crippen LogP contribution >= 0.6 is 31.9 Å². The van der Waals surface area contributed by atoms with Gasteiger partial charge in [0.25, 0.3) is 0 Å². The van der Waals surface area contributed by atoms with Crippen molar-refractivity contribution >= 4 is 37.5 Å². The molecule has 0 fully saturated rings. The standard InChI is InChI=1S/C6H2Br2F3N/c7-1-3(9)4(10)2(8)6(12)5(1)11/h12H2. The Morgan fingerprint density at radius 2 is 1.25 bits per heavy atom.